The van der Waals surface area contributed by atoms with Crippen molar-refractivity contribution in [2.45, 2.75) is 44.7 Å². The van der Waals surface area contributed by atoms with E-state index >= 15 is 0 Å². The lowest BCUT2D eigenvalue weighted by Gasteiger charge is -2.24. The van der Waals surface area contributed by atoms with Crippen molar-refractivity contribution >= 4 is 11.9 Å². The van der Waals surface area contributed by atoms with Crippen LogP contribution in [-0.4, -0.2) is 54.4 Å². The lowest BCUT2D eigenvalue weighted by molar-refractivity contribution is -0.142. The number of halogens is 1. The number of nitrogens with zero attached hydrogens (tertiary/aromatic N) is 4. The SMILES string of the molecule is CC(C)(C(=O)O)c1cn(C[C@@H]2CCCN2C(=O)c2cc[nH]c(=O)c2F)nn1. The molecule has 2 aromatic heterocycles. The van der Waals surface area contributed by atoms with Gasteiger partial charge in [0.15, 0.2) is 0 Å². The van der Waals surface area contributed by atoms with Gasteiger partial charge in [-0.2, -0.15) is 0 Å². The van der Waals surface area contributed by atoms with Gasteiger partial charge >= 0.3 is 5.97 Å². The molecule has 27 heavy (non-hydrogen) atoms. The summed E-state index contributed by atoms with van der Waals surface area (Å²) < 4.78 is 15.5. The fourth-order valence-corrected chi connectivity index (χ4v) is 3.07. The summed E-state index contributed by atoms with van der Waals surface area (Å²) in [6.07, 6.45) is 4.21. The minimum absolute atomic E-state index is 0.251. The van der Waals surface area contributed by atoms with E-state index in [0.717, 1.165) is 6.42 Å². The van der Waals surface area contributed by atoms with Crippen LogP contribution in [0.1, 0.15) is 42.7 Å². The number of pyridine rings is 1. The molecule has 144 valence electrons. The molecular formula is C17H20FN5O4. The molecule has 1 atom stereocenters. The number of carboxylic acid groups (broad SMARTS) is 1. The molecule has 0 spiro atoms. The maximum Gasteiger partial charge on any atom is 0.315 e. The fourth-order valence-electron chi connectivity index (χ4n) is 3.07. The molecule has 1 amide bonds. The number of rotatable bonds is 5. The van der Waals surface area contributed by atoms with Crippen molar-refractivity contribution in [1.29, 1.82) is 0 Å². The Morgan fingerprint density at radius 2 is 2.19 bits per heavy atom. The Hall–Kier alpha value is -3.04. The first-order valence-electron chi connectivity index (χ1n) is 8.54. The predicted molar refractivity (Wildman–Crippen MR) is 91.8 cm³/mol. The van der Waals surface area contributed by atoms with Crippen LogP contribution in [0.5, 0.6) is 0 Å². The Morgan fingerprint density at radius 1 is 1.44 bits per heavy atom. The van der Waals surface area contributed by atoms with Crippen LogP contribution >= 0.6 is 0 Å². The number of H-pyrrole nitrogens is 1. The van der Waals surface area contributed by atoms with Crippen molar-refractivity contribution in [3.05, 3.63) is 45.9 Å². The van der Waals surface area contributed by atoms with Crippen LogP contribution in [0.3, 0.4) is 0 Å². The molecule has 0 aliphatic carbocycles. The summed E-state index contributed by atoms with van der Waals surface area (Å²) in [4.78, 5) is 39.1. The molecular weight excluding hydrogens is 357 g/mol. The highest BCUT2D eigenvalue weighted by Crippen LogP contribution is 2.24. The van der Waals surface area contributed by atoms with Crippen molar-refractivity contribution in [1.82, 2.24) is 24.9 Å². The van der Waals surface area contributed by atoms with Gasteiger partial charge in [-0.1, -0.05) is 5.21 Å². The summed E-state index contributed by atoms with van der Waals surface area (Å²) in [6, 6.07) is 0.996. The molecule has 1 aliphatic rings. The molecule has 0 aromatic carbocycles. The summed E-state index contributed by atoms with van der Waals surface area (Å²) >= 11 is 0. The molecule has 2 aromatic rings. The van der Waals surface area contributed by atoms with Gasteiger partial charge in [-0.25, -0.2) is 4.39 Å². The van der Waals surface area contributed by atoms with E-state index in [-0.39, 0.29) is 11.6 Å². The Morgan fingerprint density at radius 3 is 2.89 bits per heavy atom. The van der Waals surface area contributed by atoms with Gasteiger partial charge < -0.3 is 15.0 Å². The lowest BCUT2D eigenvalue weighted by Crippen LogP contribution is -2.39. The van der Waals surface area contributed by atoms with Crippen LogP contribution in [0.15, 0.2) is 23.3 Å². The zero-order chi connectivity index (χ0) is 19.8. The standard InChI is InChI=1S/C17H20FN5O4/c1-17(2,16(26)27)12-9-22(21-20-12)8-10-4-3-7-23(10)15(25)11-5-6-19-14(24)13(11)18/h5-6,9-10H,3-4,7-8H2,1-2H3,(H,19,24)(H,26,27)/t10-/m0/s1. The number of carboxylic acids is 1. The highest BCUT2D eigenvalue weighted by atomic mass is 19.1. The first kappa shape index (κ1) is 18.7. The molecule has 1 saturated heterocycles. The zero-order valence-corrected chi connectivity index (χ0v) is 15.0. The van der Waals surface area contributed by atoms with Crippen LogP contribution in [0.25, 0.3) is 0 Å². The number of carbonyl (C=O) groups excluding carboxylic acids is 1. The lowest BCUT2D eigenvalue weighted by atomic mass is 9.90. The number of aromatic nitrogens is 4. The van der Waals surface area contributed by atoms with Gasteiger partial charge in [0, 0.05) is 18.9 Å². The maximum atomic E-state index is 14.0. The average Bonchev–Trinajstić information content (AvgIpc) is 3.27. The van der Waals surface area contributed by atoms with Gasteiger partial charge in [0.1, 0.15) is 5.41 Å². The van der Waals surface area contributed by atoms with E-state index in [4.69, 9.17) is 0 Å². The second-order valence-corrected chi connectivity index (χ2v) is 7.09. The van der Waals surface area contributed by atoms with Gasteiger partial charge in [0.25, 0.3) is 11.5 Å². The normalized spacial score (nSPS) is 17.3. The van der Waals surface area contributed by atoms with E-state index in [1.54, 1.807) is 6.20 Å². The number of likely N-dealkylation sites (tertiary alicyclic amines) is 1. The summed E-state index contributed by atoms with van der Waals surface area (Å²) in [7, 11) is 0. The van der Waals surface area contributed by atoms with Crippen molar-refractivity contribution in [3.63, 3.8) is 0 Å². The number of amides is 1. The average molecular weight is 377 g/mol. The van der Waals surface area contributed by atoms with E-state index in [1.165, 1.54) is 35.7 Å². The second kappa shape index (κ2) is 6.93. The fraction of sp³-hybridized carbons (Fsp3) is 0.471. The largest absolute Gasteiger partial charge is 0.481 e. The van der Waals surface area contributed by atoms with E-state index in [9.17, 15) is 23.9 Å². The minimum Gasteiger partial charge on any atom is -0.481 e. The maximum absolute atomic E-state index is 14.0. The summed E-state index contributed by atoms with van der Waals surface area (Å²) in [5.74, 6) is -2.66. The number of carbonyl (C=O) groups is 2. The molecule has 3 heterocycles. The smallest absolute Gasteiger partial charge is 0.315 e. The summed E-state index contributed by atoms with van der Waals surface area (Å²) in [6.45, 7) is 3.81. The van der Waals surface area contributed by atoms with Gasteiger partial charge in [-0.05, 0) is 32.8 Å². The van der Waals surface area contributed by atoms with Crippen molar-refractivity contribution in [3.8, 4) is 0 Å². The van der Waals surface area contributed by atoms with Crippen LogP contribution in [0.2, 0.25) is 0 Å². The highest BCUT2D eigenvalue weighted by Gasteiger charge is 2.34. The number of nitrogens with one attached hydrogen (secondary N) is 1. The van der Waals surface area contributed by atoms with Crippen LogP contribution < -0.4 is 5.56 Å². The van der Waals surface area contributed by atoms with Crippen molar-refractivity contribution < 1.29 is 19.1 Å². The van der Waals surface area contributed by atoms with Crippen molar-refractivity contribution in [2.75, 3.05) is 6.54 Å². The summed E-state index contributed by atoms with van der Waals surface area (Å²) in [5, 5.41) is 17.2. The minimum atomic E-state index is -1.18. The van der Waals surface area contributed by atoms with E-state index in [1.807, 2.05) is 0 Å². The number of aliphatic carboxylic acids is 1. The van der Waals surface area contributed by atoms with Crippen LogP contribution in [0, 0.1) is 5.82 Å². The van der Waals surface area contributed by atoms with Crippen molar-refractivity contribution in [2.24, 2.45) is 0 Å². The molecule has 0 radical (unpaired) electrons. The Bertz CT molecular complexity index is 935. The Kier molecular flexibility index (Phi) is 4.81. The molecule has 0 bridgehead atoms. The van der Waals surface area contributed by atoms with Gasteiger partial charge in [-0.3, -0.25) is 19.1 Å². The van der Waals surface area contributed by atoms with E-state index < -0.39 is 28.7 Å². The molecule has 0 unspecified atom stereocenters. The van der Waals surface area contributed by atoms with Gasteiger partial charge in [-0.15, -0.1) is 5.10 Å². The highest BCUT2D eigenvalue weighted by molar-refractivity contribution is 5.94. The number of aromatic amines is 1. The molecule has 1 fully saturated rings. The van der Waals surface area contributed by atoms with Crippen LogP contribution in [-0.2, 0) is 16.8 Å². The third-order valence-corrected chi connectivity index (χ3v) is 4.88. The second-order valence-electron chi connectivity index (χ2n) is 7.09. The molecule has 9 nitrogen and oxygen atoms in total. The molecule has 2 N–H and O–H groups in total. The molecule has 1 aliphatic heterocycles. The number of hydrogen-bond acceptors (Lipinski definition) is 5. The third-order valence-electron chi connectivity index (χ3n) is 4.88. The van der Waals surface area contributed by atoms with Gasteiger partial charge in [0.2, 0.25) is 5.82 Å². The van der Waals surface area contributed by atoms with E-state index in [2.05, 4.69) is 15.3 Å². The van der Waals surface area contributed by atoms with E-state index in [0.29, 0.717) is 25.2 Å². The monoisotopic (exact) mass is 377 g/mol. The Labute approximate surface area is 153 Å². The molecule has 3 rings (SSSR count). The van der Waals surface area contributed by atoms with Crippen LogP contribution in [0.4, 0.5) is 4.39 Å². The first-order valence-corrected chi connectivity index (χ1v) is 8.54. The summed E-state index contributed by atoms with van der Waals surface area (Å²) in [5.41, 5.74) is -2.07. The predicted octanol–water partition coefficient (Wildman–Crippen LogP) is 0.772. The third kappa shape index (κ3) is 3.46. The zero-order valence-electron chi connectivity index (χ0n) is 15.0. The first-order chi connectivity index (χ1) is 12.7. The topological polar surface area (TPSA) is 121 Å². The number of hydrogen-bond donors (Lipinski definition) is 2. The van der Waals surface area contributed by atoms with Gasteiger partial charge in [0.05, 0.1) is 23.8 Å². The molecule has 10 heteroatoms. The molecule has 0 saturated carbocycles. The quantitative estimate of drug-likeness (QED) is 0.794. The Balaban J connectivity index is 1.79.